The number of carbonyl (C=O) groups excluding carboxylic acids is 2. The van der Waals surface area contributed by atoms with Crippen LogP contribution in [0.4, 0.5) is 0 Å². The Morgan fingerprint density at radius 3 is 1.61 bits per heavy atom. The standard InChI is InChI=1S/C17H29NO3Si.2C3H8O.Ti/c1-9-18(10-2)16(20)14(11-12-22(6,7)8)13-15(19)21-17(3,4)5;2*1-3(2)4;/h11H,9-10H2,1-8H3;2*3-4H,1-2H3;/q-2;;;+2. The van der Waals surface area contributed by atoms with Gasteiger partial charge in [0.2, 0.25) is 0 Å². The van der Waals surface area contributed by atoms with Crippen LogP contribution in [0.3, 0.4) is 0 Å². The molecule has 0 saturated carbocycles. The zero-order valence-electron chi connectivity index (χ0n) is 21.7. The summed E-state index contributed by atoms with van der Waals surface area (Å²) in [7, 11) is -1.61. The number of rotatable bonds is 6. The largest absolute Gasteiger partial charge is 2.00 e. The Labute approximate surface area is 207 Å². The number of nitrogens with zero attached hydrogens (tertiary/aromatic N) is 1. The third-order valence-corrected chi connectivity index (χ3v) is 3.58. The molecule has 0 aliphatic heterocycles. The van der Waals surface area contributed by atoms with E-state index in [2.05, 4.69) is 31.4 Å². The number of ether oxygens (including phenoxy) is 1. The van der Waals surface area contributed by atoms with Gasteiger partial charge in [0.1, 0.15) is 5.60 Å². The van der Waals surface area contributed by atoms with E-state index in [-0.39, 0.29) is 45.4 Å². The van der Waals surface area contributed by atoms with Gasteiger partial charge < -0.3 is 36.4 Å². The van der Waals surface area contributed by atoms with E-state index < -0.39 is 19.6 Å². The number of hydrogen-bond donors (Lipinski definition) is 2. The molecule has 1 amide bonds. The summed E-state index contributed by atoms with van der Waals surface area (Å²) in [6.07, 6.45) is 3.82. The molecule has 0 aliphatic carbocycles. The van der Waals surface area contributed by atoms with Crippen LogP contribution in [0.25, 0.3) is 0 Å². The van der Waals surface area contributed by atoms with Crippen molar-refractivity contribution in [2.24, 2.45) is 0 Å². The molecule has 0 aromatic carbocycles. The quantitative estimate of drug-likeness (QED) is 0.193. The molecule has 0 radical (unpaired) electrons. The SMILES string of the molecule is CC(C)O.CC(C)O.CCN(CC)C(=O)C(=[C-]C(=O)OC(C)(C)C)C=[C-][Si](C)(C)C.[Ti+2]. The van der Waals surface area contributed by atoms with Crippen LogP contribution in [0.5, 0.6) is 0 Å². The number of likely N-dealkylation sites (N-methyl/N-ethyl adjacent to an activating group) is 1. The van der Waals surface area contributed by atoms with E-state index in [9.17, 15) is 9.59 Å². The Bertz CT molecular complexity index is 532. The van der Waals surface area contributed by atoms with Gasteiger partial charge in [0, 0.05) is 25.3 Å². The molecule has 6 nitrogen and oxygen atoms in total. The van der Waals surface area contributed by atoms with E-state index in [1.165, 1.54) is 0 Å². The number of aliphatic hydroxyl groups excluding tert-OH is 2. The van der Waals surface area contributed by atoms with Crippen molar-refractivity contribution in [3.63, 3.8) is 0 Å². The van der Waals surface area contributed by atoms with Crippen molar-refractivity contribution in [3.8, 4) is 0 Å². The van der Waals surface area contributed by atoms with Gasteiger partial charge in [-0.05, 0) is 70.4 Å². The molecule has 180 valence electrons. The van der Waals surface area contributed by atoms with Gasteiger partial charge in [-0.1, -0.05) is 19.6 Å². The summed E-state index contributed by atoms with van der Waals surface area (Å²) in [4.78, 5) is 26.1. The van der Waals surface area contributed by atoms with E-state index in [1.54, 1.807) is 59.4 Å². The van der Waals surface area contributed by atoms with Gasteiger partial charge in [-0.3, -0.25) is 10.4 Å². The molecule has 0 rings (SSSR count). The molecule has 0 aromatic heterocycles. The van der Waals surface area contributed by atoms with Crippen molar-refractivity contribution < 1.29 is 46.3 Å². The Balaban J connectivity index is -0.000000345. The zero-order valence-corrected chi connectivity index (χ0v) is 24.3. The molecule has 0 heterocycles. The fourth-order valence-corrected chi connectivity index (χ4v) is 2.11. The average Bonchev–Trinajstić information content (AvgIpc) is 2.48. The number of hydrogen-bond acceptors (Lipinski definition) is 5. The smallest absolute Gasteiger partial charge is 0.467 e. The summed E-state index contributed by atoms with van der Waals surface area (Å²) < 4.78 is 5.22. The van der Waals surface area contributed by atoms with Gasteiger partial charge in [0.25, 0.3) is 5.97 Å². The normalized spacial score (nSPS) is 11.8. The molecule has 0 aliphatic rings. The van der Waals surface area contributed by atoms with Gasteiger partial charge in [-0.25, -0.2) is 0 Å². The van der Waals surface area contributed by atoms with E-state index in [1.807, 2.05) is 13.8 Å². The molecule has 2 N–H and O–H groups in total. The van der Waals surface area contributed by atoms with Gasteiger partial charge >= 0.3 is 21.7 Å². The van der Waals surface area contributed by atoms with Crippen molar-refractivity contribution in [1.29, 1.82) is 0 Å². The summed E-state index contributed by atoms with van der Waals surface area (Å²) in [5, 5.41) is 16.1. The second-order valence-electron chi connectivity index (χ2n) is 9.24. The molecule has 0 aromatic rings. The van der Waals surface area contributed by atoms with Gasteiger partial charge in [-0.2, -0.15) is 6.08 Å². The van der Waals surface area contributed by atoms with E-state index in [4.69, 9.17) is 14.9 Å². The predicted octanol–water partition coefficient (Wildman–Crippen LogP) is 3.93. The topological polar surface area (TPSA) is 87.1 Å². The van der Waals surface area contributed by atoms with Gasteiger partial charge in [-0.15, -0.1) is 0 Å². The third-order valence-electron chi connectivity index (χ3n) is 2.57. The van der Waals surface area contributed by atoms with E-state index >= 15 is 0 Å². The van der Waals surface area contributed by atoms with Crippen LogP contribution in [0.1, 0.15) is 62.3 Å². The first kappa shape index (κ1) is 37.6. The predicted molar refractivity (Wildman–Crippen MR) is 126 cm³/mol. The molecule has 0 fully saturated rings. The van der Waals surface area contributed by atoms with Crippen LogP contribution in [0, 0.1) is 11.8 Å². The molecule has 0 bridgehead atoms. The first-order chi connectivity index (χ1) is 13.4. The first-order valence-corrected chi connectivity index (χ1v) is 14.0. The van der Waals surface area contributed by atoms with Crippen molar-refractivity contribution >= 4 is 20.0 Å². The van der Waals surface area contributed by atoms with Gasteiger partial charge in [0.15, 0.2) is 0 Å². The molecule has 0 unspecified atom stereocenters. The maximum absolute atomic E-state index is 12.5. The summed E-state index contributed by atoms with van der Waals surface area (Å²) in [5.74, 6) is -0.849. The molecule has 8 heteroatoms. The summed E-state index contributed by atoms with van der Waals surface area (Å²) in [6.45, 7) is 23.5. The van der Waals surface area contributed by atoms with Crippen LogP contribution in [0.15, 0.2) is 11.6 Å². The molecular formula is C23H45NO5SiTi. The minimum absolute atomic E-state index is 0. The molecule has 0 spiro atoms. The Morgan fingerprint density at radius 2 is 1.35 bits per heavy atom. The van der Waals surface area contributed by atoms with Crippen LogP contribution >= 0.6 is 0 Å². The number of esters is 1. The minimum atomic E-state index is -1.61. The summed E-state index contributed by atoms with van der Waals surface area (Å²) >= 11 is 0. The summed E-state index contributed by atoms with van der Waals surface area (Å²) in [5.41, 5.74) is 2.83. The minimum Gasteiger partial charge on any atom is -0.467 e. The number of carbonyl (C=O) groups is 2. The van der Waals surface area contributed by atoms with Crippen LogP contribution in [-0.4, -0.2) is 66.0 Å². The Morgan fingerprint density at radius 1 is 1.00 bits per heavy atom. The average molecular weight is 492 g/mol. The van der Waals surface area contributed by atoms with Crippen LogP contribution in [0.2, 0.25) is 19.6 Å². The number of amides is 1. The zero-order chi connectivity index (χ0) is 24.7. The fourth-order valence-electron chi connectivity index (χ4n) is 1.53. The van der Waals surface area contributed by atoms with Crippen molar-refractivity contribution in [2.75, 3.05) is 13.1 Å². The van der Waals surface area contributed by atoms with Crippen LogP contribution < -0.4 is 0 Å². The monoisotopic (exact) mass is 491 g/mol. The summed E-state index contributed by atoms with van der Waals surface area (Å²) in [6, 6.07) is 0. The second kappa shape index (κ2) is 18.8. The van der Waals surface area contributed by atoms with E-state index in [0.717, 1.165) is 0 Å². The van der Waals surface area contributed by atoms with Crippen molar-refractivity contribution in [2.45, 2.75) is 99.8 Å². The maximum atomic E-state index is 12.5. The molecule has 0 saturated heterocycles. The Hall–Kier alpha value is -0.729. The second-order valence-corrected chi connectivity index (χ2v) is 14.0. The van der Waals surface area contributed by atoms with Gasteiger partial charge in [0.05, 0.1) is 5.91 Å². The molecule has 0 atom stereocenters. The number of aliphatic hydroxyl groups is 2. The van der Waals surface area contributed by atoms with E-state index in [0.29, 0.717) is 13.1 Å². The van der Waals surface area contributed by atoms with Crippen molar-refractivity contribution in [3.05, 3.63) is 23.4 Å². The molecule has 31 heavy (non-hydrogen) atoms. The molecular weight excluding hydrogens is 446 g/mol. The van der Waals surface area contributed by atoms with Crippen LogP contribution in [-0.2, 0) is 36.0 Å². The maximum Gasteiger partial charge on any atom is 2.00 e. The van der Waals surface area contributed by atoms with Crippen molar-refractivity contribution in [1.82, 2.24) is 4.90 Å². The first-order valence-electron chi connectivity index (χ1n) is 10.5. The fraction of sp³-hybridized carbons (Fsp3) is 0.739. The third kappa shape index (κ3) is 31.5. The Kier molecular flexibility index (Phi) is 22.8.